The van der Waals surface area contributed by atoms with Gasteiger partial charge in [-0.05, 0) is 61.6 Å². The fraction of sp³-hybridized carbons (Fsp3) is 0.765. The fourth-order valence-electron chi connectivity index (χ4n) is 3.41. The highest BCUT2D eigenvalue weighted by molar-refractivity contribution is 7.10. The normalized spacial score (nSPS) is 25.4. The zero-order chi connectivity index (χ0) is 13.7. The molecule has 108 valence electrons. The van der Waals surface area contributed by atoms with Crippen molar-refractivity contribution >= 4 is 11.3 Å². The van der Waals surface area contributed by atoms with E-state index in [-0.39, 0.29) is 0 Å². The molecule has 1 N–H and O–H groups in total. The Bertz CT molecular complexity index is 363. The van der Waals surface area contributed by atoms with Gasteiger partial charge < -0.3 is 5.32 Å². The Morgan fingerprint density at radius 2 is 2.00 bits per heavy atom. The number of aryl methyl sites for hydroxylation is 1. The highest BCUT2D eigenvalue weighted by atomic mass is 32.1. The largest absolute Gasteiger partial charge is 0.310 e. The number of rotatable bonds is 6. The van der Waals surface area contributed by atoms with Crippen molar-refractivity contribution in [3.63, 3.8) is 0 Å². The fourth-order valence-corrected chi connectivity index (χ4v) is 4.15. The van der Waals surface area contributed by atoms with Crippen LogP contribution in [0.5, 0.6) is 0 Å². The van der Waals surface area contributed by atoms with Gasteiger partial charge in [0.25, 0.3) is 0 Å². The molecule has 1 saturated carbocycles. The lowest BCUT2D eigenvalue weighted by atomic mass is 9.76. The second kappa shape index (κ2) is 7.44. The maximum absolute atomic E-state index is 3.81. The van der Waals surface area contributed by atoms with Crippen LogP contribution >= 0.6 is 11.3 Å². The van der Waals surface area contributed by atoms with E-state index in [0.717, 1.165) is 18.4 Å². The third-order valence-corrected chi connectivity index (χ3v) is 5.54. The molecule has 19 heavy (non-hydrogen) atoms. The molecule has 1 fully saturated rings. The first-order chi connectivity index (χ1) is 9.24. The second-order valence-corrected chi connectivity index (χ2v) is 7.23. The molecule has 0 saturated heterocycles. The lowest BCUT2D eigenvalue weighted by Crippen LogP contribution is -2.31. The van der Waals surface area contributed by atoms with Crippen molar-refractivity contribution < 1.29 is 0 Å². The van der Waals surface area contributed by atoms with Crippen LogP contribution in [0.1, 0.15) is 68.9 Å². The standard InChI is InChI=1S/C17H29NS/c1-4-10-18-17(16-11-13(3)19-12-16)15-8-6-14(5-2)7-9-15/h11-12,14-15,17-18H,4-10H2,1-3H3. The van der Waals surface area contributed by atoms with Crippen molar-refractivity contribution in [1.82, 2.24) is 5.32 Å². The van der Waals surface area contributed by atoms with Gasteiger partial charge in [-0.1, -0.05) is 33.1 Å². The predicted molar refractivity (Wildman–Crippen MR) is 85.8 cm³/mol. The molecule has 1 aromatic rings. The predicted octanol–water partition coefficient (Wildman–Crippen LogP) is 5.31. The zero-order valence-electron chi connectivity index (χ0n) is 12.7. The number of thiophene rings is 1. The molecule has 1 unspecified atom stereocenters. The Kier molecular flexibility index (Phi) is 5.90. The Labute approximate surface area is 122 Å². The van der Waals surface area contributed by atoms with E-state index in [2.05, 4.69) is 37.5 Å². The molecule has 1 aliphatic rings. The molecule has 2 rings (SSSR count). The van der Waals surface area contributed by atoms with Crippen LogP contribution in [0.3, 0.4) is 0 Å². The lowest BCUT2D eigenvalue weighted by molar-refractivity contribution is 0.219. The van der Waals surface area contributed by atoms with E-state index in [9.17, 15) is 0 Å². The average molecular weight is 279 g/mol. The number of hydrogen-bond donors (Lipinski definition) is 1. The van der Waals surface area contributed by atoms with Crippen LogP contribution in [-0.4, -0.2) is 6.54 Å². The molecule has 1 nitrogen and oxygen atoms in total. The van der Waals surface area contributed by atoms with Crippen molar-refractivity contribution in [2.45, 2.75) is 65.3 Å². The first-order valence-corrected chi connectivity index (χ1v) is 8.91. The Morgan fingerprint density at radius 3 is 2.53 bits per heavy atom. The maximum Gasteiger partial charge on any atom is 0.0357 e. The smallest absolute Gasteiger partial charge is 0.0357 e. The summed E-state index contributed by atoms with van der Waals surface area (Å²) in [6.07, 6.45) is 8.30. The van der Waals surface area contributed by atoms with Crippen molar-refractivity contribution in [2.75, 3.05) is 6.54 Å². The van der Waals surface area contributed by atoms with Crippen LogP contribution in [0.2, 0.25) is 0 Å². The number of hydrogen-bond acceptors (Lipinski definition) is 2. The minimum Gasteiger partial charge on any atom is -0.310 e. The lowest BCUT2D eigenvalue weighted by Gasteiger charge is -2.34. The van der Waals surface area contributed by atoms with Crippen molar-refractivity contribution in [3.8, 4) is 0 Å². The van der Waals surface area contributed by atoms with Crippen LogP contribution in [0.25, 0.3) is 0 Å². The highest BCUT2D eigenvalue weighted by Gasteiger charge is 2.28. The van der Waals surface area contributed by atoms with Gasteiger partial charge in [0.05, 0.1) is 0 Å². The summed E-state index contributed by atoms with van der Waals surface area (Å²) in [5.74, 6) is 1.84. The molecule has 0 radical (unpaired) electrons. The molecule has 0 aromatic carbocycles. The summed E-state index contributed by atoms with van der Waals surface area (Å²) in [6.45, 7) is 7.98. The van der Waals surface area contributed by atoms with Gasteiger partial charge in [-0.3, -0.25) is 0 Å². The van der Waals surface area contributed by atoms with Gasteiger partial charge in [0.15, 0.2) is 0 Å². The van der Waals surface area contributed by atoms with E-state index in [1.54, 1.807) is 0 Å². The van der Waals surface area contributed by atoms with Crippen LogP contribution < -0.4 is 5.32 Å². The zero-order valence-corrected chi connectivity index (χ0v) is 13.6. The molecule has 1 atom stereocenters. The van der Waals surface area contributed by atoms with Gasteiger partial charge in [-0.15, -0.1) is 11.3 Å². The Balaban J connectivity index is 2.01. The molecular formula is C17H29NS. The Morgan fingerprint density at radius 1 is 1.26 bits per heavy atom. The van der Waals surface area contributed by atoms with Crippen molar-refractivity contribution in [3.05, 3.63) is 21.9 Å². The summed E-state index contributed by atoms with van der Waals surface area (Å²) in [4.78, 5) is 1.44. The molecule has 1 heterocycles. The van der Waals surface area contributed by atoms with Gasteiger partial charge in [0, 0.05) is 10.9 Å². The molecule has 0 aliphatic heterocycles. The molecule has 0 bridgehead atoms. The summed E-state index contributed by atoms with van der Waals surface area (Å²) in [7, 11) is 0. The van der Waals surface area contributed by atoms with E-state index in [4.69, 9.17) is 0 Å². The third-order valence-electron chi connectivity index (χ3n) is 4.66. The quantitative estimate of drug-likeness (QED) is 0.743. The summed E-state index contributed by atoms with van der Waals surface area (Å²) in [5.41, 5.74) is 1.54. The van der Waals surface area contributed by atoms with Gasteiger partial charge in [0.2, 0.25) is 0 Å². The first-order valence-electron chi connectivity index (χ1n) is 8.03. The van der Waals surface area contributed by atoms with Gasteiger partial charge in [0.1, 0.15) is 0 Å². The van der Waals surface area contributed by atoms with Crippen LogP contribution in [-0.2, 0) is 0 Å². The van der Waals surface area contributed by atoms with Crippen LogP contribution in [0.4, 0.5) is 0 Å². The SMILES string of the molecule is CCCNC(c1csc(C)c1)C1CCC(CC)CC1. The minimum atomic E-state index is 0.600. The van der Waals surface area contributed by atoms with Gasteiger partial charge in [-0.25, -0.2) is 0 Å². The van der Waals surface area contributed by atoms with Crippen molar-refractivity contribution in [2.24, 2.45) is 11.8 Å². The van der Waals surface area contributed by atoms with Crippen LogP contribution in [0, 0.1) is 18.8 Å². The molecular weight excluding hydrogens is 250 g/mol. The maximum atomic E-state index is 3.81. The minimum absolute atomic E-state index is 0.600. The summed E-state index contributed by atoms with van der Waals surface area (Å²) in [5, 5.41) is 6.18. The topological polar surface area (TPSA) is 12.0 Å². The molecule has 0 amide bonds. The van der Waals surface area contributed by atoms with E-state index < -0.39 is 0 Å². The monoisotopic (exact) mass is 279 g/mol. The van der Waals surface area contributed by atoms with Crippen LogP contribution in [0.15, 0.2) is 11.4 Å². The van der Waals surface area contributed by atoms with E-state index in [1.165, 1.54) is 49.0 Å². The van der Waals surface area contributed by atoms with E-state index in [0.29, 0.717) is 6.04 Å². The van der Waals surface area contributed by atoms with Crippen molar-refractivity contribution in [1.29, 1.82) is 0 Å². The third kappa shape index (κ3) is 4.06. The molecule has 1 aromatic heterocycles. The average Bonchev–Trinajstić information content (AvgIpc) is 2.86. The Hall–Kier alpha value is -0.340. The molecule has 0 spiro atoms. The molecule has 1 aliphatic carbocycles. The van der Waals surface area contributed by atoms with Gasteiger partial charge in [-0.2, -0.15) is 0 Å². The molecule has 2 heteroatoms. The van der Waals surface area contributed by atoms with E-state index >= 15 is 0 Å². The number of nitrogens with one attached hydrogen (secondary N) is 1. The summed E-state index contributed by atoms with van der Waals surface area (Å²) < 4.78 is 0. The highest BCUT2D eigenvalue weighted by Crippen LogP contribution is 2.38. The summed E-state index contributed by atoms with van der Waals surface area (Å²) >= 11 is 1.90. The first kappa shape index (κ1) is 15.1. The van der Waals surface area contributed by atoms with Gasteiger partial charge >= 0.3 is 0 Å². The van der Waals surface area contributed by atoms with E-state index in [1.807, 2.05) is 11.3 Å². The second-order valence-electron chi connectivity index (χ2n) is 6.11. The summed E-state index contributed by atoms with van der Waals surface area (Å²) in [6, 6.07) is 2.99.